The molecule has 13 heteroatoms. The summed E-state index contributed by atoms with van der Waals surface area (Å²) in [6.07, 6.45) is -8.24. The predicted molar refractivity (Wildman–Crippen MR) is 154 cm³/mol. The topological polar surface area (TPSA) is 83.5 Å². The zero-order valence-corrected chi connectivity index (χ0v) is 23.6. The van der Waals surface area contributed by atoms with Crippen LogP contribution in [0.4, 0.5) is 26.3 Å². The summed E-state index contributed by atoms with van der Waals surface area (Å²) in [6.45, 7) is 0. The van der Waals surface area contributed by atoms with Crippen molar-refractivity contribution >= 4 is 44.9 Å². The number of esters is 1. The zero-order chi connectivity index (χ0) is 31.6. The Morgan fingerprint density at radius 2 is 1.57 bits per heavy atom. The third-order valence-electron chi connectivity index (χ3n) is 6.40. The number of nitrogens with one attached hydrogen (secondary N) is 2. The molecule has 0 atom stereocenters. The number of carbonyl (C=O) groups is 2. The van der Waals surface area contributed by atoms with Gasteiger partial charge in [0.25, 0.3) is 5.91 Å². The van der Waals surface area contributed by atoms with Crippen LogP contribution in [0.2, 0.25) is 0 Å². The van der Waals surface area contributed by atoms with Crippen LogP contribution in [0, 0.1) is 0 Å². The van der Waals surface area contributed by atoms with Crippen molar-refractivity contribution in [2.75, 3.05) is 0 Å². The average Bonchev–Trinajstić information content (AvgIpc) is 3.38. The van der Waals surface area contributed by atoms with Gasteiger partial charge >= 0.3 is 18.3 Å². The third kappa shape index (κ3) is 6.52. The van der Waals surface area contributed by atoms with Crippen molar-refractivity contribution in [1.29, 1.82) is 0 Å². The summed E-state index contributed by atoms with van der Waals surface area (Å²) in [7, 11) is 0. The number of amides is 1. The minimum absolute atomic E-state index is 0.0842. The Bertz CT molecular complexity index is 1900. The second-order valence-corrected chi connectivity index (χ2v) is 10.2. The summed E-state index contributed by atoms with van der Waals surface area (Å²) in [4.78, 5) is 28.5. The molecule has 1 heterocycles. The summed E-state index contributed by atoms with van der Waals surface area (Å²) in [5, 5.41) is 4.07. The van der Waals surface area contributed by atoms with E-state index in [1.165, 1.54) is 36.4 Å². The van der Waals surface area contributed by atoms with Crippen LogP contribution in [0.3, 0.4) is 0 Å². The Morgan fingerprint density at radius 3 is 2.27 bits per heavy atom. The fourth-order valence-corrected chi connectivity index (χ4v) is 4.82. The van der Waals surface area contributed by atoms with Crippen LogP contribution in [0.1, 0.15) is 37.5 Å². The molecule has 0 fully saturated rings. The first-order chi connectivity index (χ1) is 20.8. The van der Waals surface area contributed by atoms with Gasteiger partial charge in [0.2, 0.25) is 0 Å². The highest BCUT2D eigenvalue weighted by atomic mass is 79.9. The van der Waals surface area contributed by atoms with E-state index in [1.807, 2.05) is 0 Å². The van der Waals surface area contributed by atoms with Gasteiger partial charge in [-0.05, 0) is 48.0 Å². The molecule has 0 aliphatic carbocycles. The van der Waals surface area contributed by atoms with Crippen molar-refractivity contribution in [2.24, 2.45) is 5.10 Å². The predicted octanol–water partition coefficient (Wildman–Crippen LogP) is 8.62. The van der Waals surface area contributed by atoms with E-state index < -0.39 is 35.4 Å². The molecule has 0 bridgehead atoms. The maximum atomic E-state index is 13.8. The van der Waals surface area contributed by atoms with E-state index in [0.717, 1.165) is 24.4 Å². The Hall–Kier alpha value is -4.91. The number of rotatable bonds is 6. The van der Waals surface area contributed by atoms with Crippen molar-refractivity contribution < 1.29 is 40.7 Å². The lowest BCUT2D eigenvalue weighted by Crippen LogP contribution is -2.19. The number of carbonyl (C=O) groups excluding carboxylic acids is 2. The molecule has 44 heavy (non-hydrogen) atoms. The molecule has 0 unspecified atom stereocenters. The van der Waals surface area contributed by atoms with Crippen molar-refractivity contribution in [1.82, 2.24) is 10.4 Å². The molecule has 0 saturated carbocycles. The SMILES string of the molecule is O=C(Oc1ccc(Br)cc1C=NNC(=O)c1[nH]c2c(C(F)(F)F)cccc2c1-c1ccccc1)c1cccc(C(F)(F)F)c1. The number of hydrazone groups is 1. The smallest absolute Gasteiger partial charge is 0.418 e. The highest BCUT2D eigenvalue weighted by molar-refractivity contribution is 9.10. The van der Waals surface area contributed by atoms with Gasteiger partial charge in [0.15, 0.2) is 0 Å². The van der Waals surface area contributed by atoms with Crippen molar-refractivity contribution in [3.05, 3.63) is 123 Å². The Labute approximate surface area is 253 Å². The summed E-state index contributed by atoms with van der Waals surface area (Å²) in [5.74, 6) is -2.01. The molecule has 0 spiro atoms. The lowest BCUT2D eigenvalue weighted by Gasteiger charge is -2.10. The van der Waals surface area contributed by atoms with Gasteiger partial charge in [0.05, 0.1) is 28.4 Å². The molecule has 1 amide bonds. The number of nitrogens with zero attached hydrogens (tertiary/aromatic N) is 1. The van der Waals surface area contributed by atoms with Gasteiger partial charge in [-0.15, -0.1) is 0 Å². The van der Waals surface area contributed by atoms with Crippen LogP contribution in [-0.2, 0) is 12.4 Å². The number of hydrogen-bond acceptors (Lipinski definition) is 4. The number of aromatic nitrogens is 1. The maximum Gasteiger partial charge on any atom is 0.418 e. The number of benzene rings is 4. The summed E-state index contributed by atoms with van der Waals surface area (Å²) in [6, 6.07) is 20.1. The second kappa shape index (κ2) is 12.0. The third-order valence-corrected chi connectivity index (χ3v) is 6.89. The molecule has 4 aromatic carbocycles. The highest BCUT2D eigenvalue weighted by Gasteiger charge is 2.35. The first kappa shape index (κ1) is 30.5. The molecule has 0 aliphatic heterocycles. The molecule has 0 radical (unpaired) electrons. The van der Waals surface area contributed by atoms with Crippen molar-refractivity contribution in [3.63, 3.8) is 0 Å². The average molecular weight is 674 g/mol. The van der Waals surface area contributed by atoms with Crippen molar-refractivity contribution in [3.8, 4) is 16.9 Å². The first-order valence-electron chi connectivity index (χ1n) is 12.6. The molecule has 5 rings (SSSR count). The fourth-order valence-electron chi connectivity index (χ4n) is 4.44. The largest absolute Gasteiger partial charge is 0.422 e. The van der Waals surface area contributed by atoms with E-state index in [2.05, 4.69) is 31.4 Å². The minimum atomic E-state index is -4.69. The van der Waals surface area contributed by atoms with Gasteiger partial charge < -0.3 is 9.72 Å². The number of ether oxygens (including phenoxy) is 1. The Balaban J connectivity index is 1.44. The van der Waals surface area contributed by atoms with Crippen molar-refractivity contribution in [2.45, 2.75) is 12.4 Å². The molecule has 2 N–H and O–H groups in total. The quantitative estimate of drug-likeness (QED) is 0.0622. The van der Waals surface area contributed by atoms with Crippen LogP contribution >= 0.6 is 15.9 Å². The summed E-state index contributed by atoms with van der Waals surface area (Å²) >= 11 is 3.26. The van der Waals surface area contributed by atoms with Crippen LogP contribution < -0.4 is 10.2 Å². The Kier molecular flexibility index (Phi) is 8.33. The van der Waals surface area contributed by atoms with Gasteiger partial charge in [0, 0.05) is 21.0 Å². The number of hydrogen-bond donors (Lipinski definition) is 2. The monoisotopic (exact) mass is 673 g/mol. The fraction of sp³-hybridized carbons (Fsp3) is 0.0645. The number of halogens is 7. The van der Waals surface area contributed by atoms with Gasteiger partial charge in [-0.2, -0.15) is 31.4 Å². The molecule has 6 nitrogen and oxygen atoms in total. The molecule has 1 aromatic heterocycles. The lowest BCUT2D eigenvalue weighted by molar-refractivity contribution is -0.138. The number of fused-ring (bicyclic) bond motifs is 1. The summed E-state index contributed by atoms with van der Waals surface area (Å²) in [5.41, 5.74) is 0.377. The van der Waals surface area contributed by atoms with Crippen LogP contribution in [0.5, 0.6) is 5.75 Å². The van der Waals surface area contributed by atoms with Crippen LogP contribution in [0.15, 0.2) is 101 Å². The molecule has 5 aromatic rings. The highest BCUT2D eigenvalue weighted by Crippen LogP contribution is 2.39. The molecular formula is C31H18BrF6N3O3. The first-order valence-corrected chi connectivity index (χ1v) is 13.4. The second-order valence-electron chi connectivity index (χ2n) is 9.32. The van der Waals surface area contributed by atoms with Gasteiger partial charge in [-0.3, -0.25) is 4.79 Å². The molecule has 0 aliphatic rings. The molecular weight excluding hydrogens is 656 g/mol. The van der Waals surface area contributed by atoms with E-state index in [9.17, 15) is 35.9 Å². The molecule has 224 valence electrons. The van der Waals surface area contributed by atoms with Gasteiger partial charge in [-0.1, -0.05) is 64.5 Å². The van der Waals surface area contributed by atoms with Gasteiger partial charge in [0.1, 0.15) is 11.4 Å². The van der Waals surface area contributed by atoms with Crippen LogP contribution in [-0.4, -0.2) is 23.1 Å². The lowest BCUT2D eigenvalue weighted by atomic mass is 10.0. The standard InChI is InChI=1S/C31H18BrF6N3O3/c32-21-12-13-24(44-29(43)18-8-4-9-20(14-18)30(33,34)35)19(15-21)16-39-41-28(42)27-25(17-6-2-1-3-7-17)22-10-5-11-23(26(22)40-27)31(36,37)38/h1-16,40H,(H,41,42). The normalized spacial score (nSPS) is 12.1. The number of aromatic amines is 1. The van der Waals surface area contributed by atoms with Gasteiger partial charge in [-0.25, -0.2) is 10.2 Å². The van der Waals surface area contributed by atoms with E-state index >= 15 is 0 Å². The number of H-pyrrole nitrogens is 1. The van der Waals surface area contributed by atoms with E-state index in [4.69, 9.17) is 4.74 Å². The number of alkyl halides is 6. The maximum absolute atomic E-state index is 13.8. The van der Waals surface area contributed by atoms with E-state index in [-0.39, 0.29) is 39.0 Å². The molecule has 0 saturated heterocycles. The zero-order valence-electron chi connectivity index (χ0n) is 22.1. The van der Waals surface area contributed by atoms with Crippen LogP contribution in [0.25, 0.3) is 22.0 Å². The number of para-hydroxylation sites is 1. The summed E-state index contributed by atoms with van der Waals surface area (Å²) < 4.78 is 86.4. The van der Waals surface area contributed by atoms with E-state index in [1.54, 1.807) is 30.3 Å². The minimum Gasteiger partial charge on any atom is -0.422 e. The Morgan fingerprint density at radius 1 is 0.841 bits per heavy atom. The van der Waals surface area contributed by atoms with E-state index in [0.29, 0.717) is 16.1 Å².